The molecule has 0 saturated heterocycles. The number of aliphatic hydroxyl groups is 1. The minimum atomic E-state index is -0.656. The van der Waals surface area contributed by atoms with Gasteiger partial charge in [0.25, 0.3) is 5.82 Å². The number of benzene rings is 2. The standard InChI is InChI=1S/C20H24FN2O2/c1-3-20-22(4-2)18-7-5-6-8-19(18)23(20)13-16(24)14-25-17-11-9-15(21)10-12-17/h5-12,16,24H,3-4,13-14H2,1-2H3/q+1. The van der Waals surface area contributed by atoms with E-state index in [1.165, 1.54) is 23.5 Å². The molecular formula is C20H24FN2O2+. The lowest BCUT2D eigenvalue weighted by molar-refractivity contribution is -0.686. The van der Waals surface area contributed by atoms with E-state index in [0.29, 0.717) is 12.3 Å². The number of fused-ring (bicyclic) bond motifs is 1. The molecule has 1 atom stereocenters. The van der Waals surface area contributed by atoms with E-state index in [2.05, 4.69) is 35.1 Å². The third kappa shape index (κ3) is 3.66. The van der Waals surface area contributed by atoms with Gasteiger partial charge < -0.3 is 9.84 Å². The van der Waals surface area contributed by atoms with Crippen molar-refractivity contribution in [2.45, 2.75) is 39.5 Å². The summed E-state index contributed by atoms with van der Waals surface area (Å²) < 4.78 is 23.0. The third-order valence-electron chi connectivity index (χ3n) is 4.37. The Balaban J connectivity index is 1.78. The Hall–Kier alpha value is -2.40. The van der Waals surface area contributed by atoms with E-state index in [4.69, 9.17) is 4.74 Å². The first-order valence-electron chi connectivity index (χ1n) is 8.70. The number of nitrogens with zero attached hydrogens (tertiary/aromatic N) is 2. The Morgan fingerprint density at radius 3 is 2.52 bits per heavy atom. The summed E-state index contributed by atoms with van der Waals surface area (Å²) in [6.45, 7) is 5.76. The fraction of sp³-hybridized carbons (Fsp3) is 0.350. The van der Waals surface area contributed by atoms with E-state index < -0.39 is 6.10 Å². The third-order valence-corrected chi connectivity index (χ3v) is 4.37. The maximum Gasteiger partial charge on any atom is 0.257 e. The normalized spacial score (nSPS) is 12.5. The number of aromatic nitrogens is 2. The predicted octanol–water partition coefficient (Wildman–Crippen LogP) is 3.09. The molecule has 0 aliphatic heterocycles. The number of rotatable bonds is 7. The molecule has 0 amide bonds. The van der Waals surface area contributed by atoms with Crippen LogP contribution in [0, 0.1) is 5.82 Å². The van der Waals surface area contributed by atoms with E-state index in [1.54, 1.807) is 12.1 Å². The Labute approximate surface area is 147 Å². The summed E-state index contributed by atoms with van der Waals surface area (Å²) in [5, 5.41) is 10.5. The monoisotopic (exact) mass is 343 g/mol. The van der Waals surface area contributed by atoms with E-state index >= 15 is 0 Å². The molecule has 0 aliphatic rings. The van der Waals surface area contributed by atoms with Crippen LogP contribution < -0.4 is 9.30 Å². The van der Waals surface area contributed by atoms with Gasteiger partial charge in [-0.3, -0.25) is 0 Å². The van der Waals surface area contributed by atoms with Crippen LogP contribution >= 0.6 is 0 Å². The number of halogens is 1. The smallest absolute Gasteiger partial charge is 0.257 e. The van der Waals surface area contributed by atoms with Crippen LogP contribution in [0.5, 0.6) is 5.75 Å². The fourth-order valence-corrected chi connectivity index (χ4v) is 3.27. The Kier molecular flexibility index (Phi) is 5.34. The van der Waals surface area contributed by atoms with E-state index in [1.807, 2.05) is 12.1 Å². The molecule has 1 aromatic heterocycles. The van der Waals surface area contributed by atoms with E-state index in [9.17, 15) is 9.50 Å². The van der Waals surface area contributed by atoms with Crippen LogP contribution in [0.4, 0.5) is 4.39 Å². The molecule has 0 bridgehead atoms. The molecule has 132 valence electrons. The molecule has 5 heteroatoms. The van der Waals surface area contributed by atoms with Gasteiger partial charge in [0.2, 0.25) is 0 Å². The highest BCUT2D eigenvalue weighted by Gasteiger charge is 2.24. The molecule has 1 heterocycles. The maximum atomic E-state index is 12.9. The average Bonchev–Trinajstić information content (AvgIpc) is 2.94. The lowest BCUT2D eigenvalue weighted by atomic mass is 10.3. The van der Waals surface area contributed by atoms with Crippen LogP contribution in [-0.4, -0.2) is 22.4 Å². The van der Waals surface area contributed by atoms with Crippen molar-refractivity contribution in [2.24, 2.45) is 0 Å². The van der Waals surface area contributed by atoms with Crippen LogP contribution in [0.2, 0.25) is 0 Å². The summed E-state index contributed by atoms with van der Waals surface area (Å²) in [7, 11) is 0. The molecule has 0 aliphatic carbocycles. The first-order chi connectivity index (χ1) is 12.1. The van der Waals surface area contributed by atoms with Gasteiger partial charge in [0, 0.05) is 6.42 Å². The average molecular weight is 343 g/mol. The predicted molar refractivity (Wildman–Crippen MR) is 95.1 cm³/mol. The number of imidazole rings is 1. The van der Waals surface area contributed by atoms with Gasteiger partial charge in [0.05, 0.1) is 6.54 Å². The first kappa shape index (κ1) is 17.4. The summed E-state index contributed by atoms with van der Waals surface area (Å²) in [4.78, 5) is 0. The van der Waals surface area contributed by atoms with Gasteiger partial charge in [0.15, 0.2) is 11.0 Å². The minimum Gasteiger partial charge on any atom is -0.491 e. The summed E-state index contributed by atoms with van der Waals surface area (Å²) in [6, 6.07) is 14.1. The van der Waals surface area contributed by atoms with Crippen molar-refractivity contribution in [1.29, 1.82) is 0 Å². The first-order valence-corrected chi connectivity index (χ1v) is 8.70. The van der Waals surface area contributed by atoms with Gasteiger partial charge in [-0.05, 0) is 43.3 Å². The topological polar surface area (TPSA) is 38.3 Å². The fourth-order valence-electron chi connectivity index (χ4n) is 3.27. The zero-order valence-corrected chi connectivity index (χ0v) is 14.7. The van der Waals surface area contributed by atoms with Gasteiger partial charge in [-0.25, -0.2) is 13.5 Å². The lowest BCUT2D eigenvalue weighted by Crippen LogP contribution is -2.44. The van der Waals surface area contributed by atoms with Crippen molar-refractivity contribution < 1.29 is 18.8 Å². The molecule has 1 N–H and O–H groups in total. The van der Waals surface area contributed by atoms with Gasteiger partial charge in [-0.1, -0.05) is 19.1 Å². The summed E-state index contributed by atoms with van der Waals surface area (Å²) in [5.41, 5.74) is 2.29. The van der Waals surface area contributed by atoms with Crippen LogP contribution in [0.1, 0.15) is 19.7 Å². The molecule has 1 unspecified atom stereocenters. The van der Waals surface area contributed by atoms with Gasteiger partial charge in [-0.2, -0.15) is 0 Å². The second-order valence-corrected chi connectivity index (χ2v) is 6.03. The molecule has 0 radical (unpaired) electrons. The number of para-hydroxylation sites is 2. The van der Waals surface area contributed by atoms with Crippen LogP contribution in [-0.2, 0) is 19.5 Å². The van der Waals surface area contributed by atoms with E-state index in [-0.39, 0.29) is 12.4 Å². The Morgan fingerprint density at radius 2 is 1.84 bits per heavy atom. The van der Waals surface area contributed by atoms with E-state index in [0.717, 1.165) is 18.5 Å². The van der Waals surface area contributed by atoms with Crippen molar-refractivity contribution in [3.63, 3.8) is 0 Å². The summed E-state index contributed by atoms with van der Waals surface area (Å²) in [5.74, 6) is 1.44. The number of aryl methyl sites for hydroxylation is 1. The van der Waals surface area contributed by atoms with Crippen molar-refractivity contribution >= 4 is 11.0 Å². The van der Waals surface area contributed by atoms with Crippen LogP contribution in [0.15, 0.2) is 48.5 Å². The van der Waals surface area contributed by atoms with Gasteiger partial charge in [-0.15, -0.1) is 0 Å². The lowest BCUT2D eigenvalue weighted by Gasteiger charge is -2.12. The quantitative estimate of drug-likeness (QED) is 0.670. The zero-order chi connectivity index (χ0) is 17.8. The molecule has 0 spiro atoms. The summed E-state index contributed by atoms with van der Waals surface area (Å²) in [6.07, 6.45) is 0.227. The molecular weight excluding hydrogens is 319 g/mol. The number of aliphatic hydroxyl groups excluding tert-OH is 1. The maximum absolute atomic E-state index is 12.9. The highest BCUT2D eigenvalue weighted by Crippen LogP contribution is 2.16. The van der Waals surface area contributed by atoms with Gasteiger partial charge in [0.1, 0.15) is 30.8 Å². The molecule has 25 heavy (non-hydrogen) atoms. The highest BCUT2D eigenvalue weighted by atomic mass is 19.1. The molecule has 0 saturated carbocycles. The molecule has 2 aromatic carbocycles. The van der Waals surface area contributed by atoms with Crippen LogP contribution in [0.3, 0.4) is 0 Å². The molecule has 3 aromatic rings. The minimum absolute atomic E-state index is 0.160. The number of hydrogen-bond acceptors (Lipinski definition) is 2. The second kappa shape index (κ2) is 7.66. The SMILES string of the molecule is CCc1n(CC)c2ccccc2[n+]1CC(O)COc1ccc(F)cc1. The van der Waals surface area contributed by atoms with Crippen LogP contribution in [0.25, 0.3) is 11.0 Å². The zero-order valence-electron chi connectivity index (χ0n) is 14.7. The Bertz CT molecular complexity index is 843. The largest absolute Gasteiger partial charge is 0.491 e. The van der Waals surface area contributed by atoms with Crippen molar-refractivity contribution in [3.8, 4) is 5.75 Å². The van der Waals surface area contributed by atoms with Crippen molar-refractivity contribution in [3.05, 3.63) is 60.2 Å². The number of ether oxygens (including phenoxy) is 1. The van der Waals surface area contributed by atoms with Gasteiger partial charge >= 0.3 is 0 Å². The Morgan fingerprint density at radius 1 is 1.12 bits per heavy atom. The van der Waals surface area contributed by atoms with Crippen molar-refractivity contribution in [1.82, 2.24) is 4.57 Å². The molecule has 4 nitrogen and oxygen atoms in total. The second-order valence-electron chi connectivity index (χ2n) is 6.03. The summed E-state index contributed by atoms with van der Waals surface area (Å²) >= 11 is 0. The van der Waals surface area contributed by atoms with Crippen molar-refractivity contribution in [2.75, 3.05) is 6.61 Å². The molecule has 3 rings (SSSR count). The highest BCUT2D eigenvalue weighted by molar-refractivity contribution is 5.72. The molecule has 0 fully saturated rings. The number of hydrogen-bond donors (Lipinski definition) is 1.